The lowest BCUT2D eigenvalue weighted by atomic mass is 9.84. The number of Topliss-reactive ketones (excluding diaryl/α,β-unsaturated/α-hetero) is 1. The molecule has 1 aromatic carbocycles. The summed E-state index contributed by atoms with van der Waals surface area (Å²) < 4.78 is 12.6. The maximum Gasteiger partial charge on any atom is 0.325 e. The van der Waals surface area contributed by atoms with Crippen LogP contribution in [0.15, 0.2) is 36.4 Å². The number of amides is 2. The number of benzene rings is 1. The van der Waals surface area contributed by atoms with Gasteiger partial charge in [-0.2, -0.15) is 0 Å². The Bertz CT molecular complexity index is 1550. The summed E-state index contributed by atoms with van der Waals surface area (Å²) in [4.78, 5) is 59.3. The number of ether oxygens (including phenoxy) is 1. The predicted molar refractivity (Wildman–Crippen MR) is 190 cm³/mol. The number of ketones is 1. The third kappa shape index (κ3) is 8.78. The van der Waals surface area contributed by atoms with Gasteiger partial charge >= 0.3 is 5.97 Å². The molecule has 0 aliphatic carbocycles. The van der Waals surface area contributed by atoms with Gasteiger partial charge in [-0.25, -0.2) is 10.4 Å². The van der Waals surface area contributed by atoms with Crippen LogP contribution in [0.2, 0.25) is 18.1 Å². The van der Waals surface area contributed by atoms with Gasteiger partial charge in [-0.05, 0) is 75.4 Å². The first-order valence-electron chi connectivity index (χ1n) is 17.3. The van der Waals surface area contributed by atoms with Crippen molar-refractivity contribution in [1.29, 1.82) is 0 Å². The molecule has 4 rings (SSSR count). The van der Waals surface area contributed by atoms with Gasteiger partial charge in [0, 0.05) is 24.3 Å². The molecule has 2 N–H and O–H groups in total. The molecule has 0 unspecified atom stereocenters. The lowest BCUT2D eigenvalue weighted by Crippen LogP contribution is -2.59. The number of carbonyl (C=O) groups is 4. The standard InChI is InChI=1S/C37H54N4O6Si/c1-22(2)29-21-33(42)28(24(4)47-48(9,10)37(6,7)8)17-14-26-13-15-27-16-18-30(39-32(27)20-26)25(5)46-36(45)31-12-11-19-41(40-31)35(44)23(3)38-34(29)43/h13-18,20,22-25,28-29,31,40H,11-12,19,21H2,1-10H3,(H,38,43)/b17-14+/t23-,24+,25+,28+,29-,31-/m0/s1. The number of fused-ring (bicyclic) bond motifs is 4. The molecule has 10 nitrogen and oxygen atoms in total. The van der Waals surface area contributed by atoms with E-state index in [4.69, 9.17) is 14.1 Å². The third-order valence-electron chi connectivity index (χ3n) is 10.1. The maximum atomic E-state index is 14.2. The van der Waals surface area contributed by atoms with Crippen LogP contribution in [-0.4, -0.2) is 66.6 Å². The maximum absolute atomic E-state index is 14.2. The van der Waals surface area contributed by atoms with E-state index in [9.17, 15) is 19.2 Å². The van der Waals surface area contributed by atoms with E-state index in [0.717, 1.165) is 16.5 Å². The average Bonchev–Trinajstić information content (AvgIpc) is 3.01. The zero-order valence-corrected chi connectivity index (χ0v) is 31.3. The van der Waals surface area contributed by atoms with Crippen LogP contribution in [0.5, 0.6) is 0 Å². The van der Waals surface area contributed by atoms with Crippen molar-refractivity contribution >= 4 is 48.9 Å². The first-order chi connectivity index (χ1) is 22.4. The Hall–Kier alpha value is -3.41. The second-order valence-corrected chi connectivity index (χ2v) is 20.1. The molecule has 0 radical (unpaired) electrons. The number of nitrogens with zero attached hydrogens (tertiary/aromatic N) is 2. The van der Waals surface area contributed by atoms with Crippen LogP contribution in [0, 0.1) is 17.8 Å². The summed E-state index contributed by atoms with van der Waals surface area (Å²) in [7, 11) is -2.24. The molecule has 5 bridgehead atoms. The van der Waals surface area contributed by atoms with Gasteiger partial charge in [0.25, 0.3) is 5.91 Å². The highest BCUT2D eigenvalue weighted by atomic mass is 28.4. The fraction of sp³-hybridized carbons (Fsp3) is 0.595. The molecule has 1 saturated heterocycles. The van der Waals surface area contributed by atoms with Crippen molar-refractivity contribution in [2.24, 2.45) is 17.8 Å². The molecular weight excluding hydrogens is 625 g/mol. The average molecular weight is 679 g/mol. The molecule has 262 valence electrons. The summed E-state index contributed by atoms with van der Waals surface area (Å²) in [5.41, 5.74) is 5.21. The number of carbonyl (C=O) groups excluding carboxylic acids is 4. The van der Waals surface area contributed by atoms with Crippen LogP contribution < -0.4 is 10.7 Å². The lowest BCUT2D eigenvalue weighted by Gasteiger charge is -2.40. The summed E-state index contributed by atoms with van der Waals surface area (Å²) in [5.74, 6) is -2.71. The number of pyridine rings is 1. The van der Waals surface area contributed by atoms with Crippen molar-refractivity contribution in [2.75, 3.05) is 6.54 Å². The Kier molecular flexibility index (Phi) is 11.7. The van der Waals surface area contributed by atoms with Crippen molar-refractivity contribution in [3.63, 3.8) is 0 Å². The van der Waals surface area contributed by atoms with Crippen molar-refractivity contribution in [3.05, 3.63) is 47.7 Å². The second kappa shape index (κ2) is 15.0. The van der Waals surface area contributed by atoms with Gasteiger partial charge in [0.2, 0.25) is 5.91 Å². The number of esters is 1. The van der Waals surface area contributed by atoms with E-state index in [1.54, 1.807) is 13.8 Å². The molecule has 6 atom stereocenters. The number of hydrazine groups is 1. The van der Waals surface area contributed by atoms with E-state index in [1.165, 1.54) is 5.01 Å². The Morgan fingerprint density at radius 2 is 1.73 bits per heavy atom. The van der Waals surface area contributed by atoms with Crippen molar-refractivity contribution in [3.8, 4) is 0 Å². The molecular formula is C37H54N4O6Si. The van der Waals surface area contributed by atoms with Crippen molar-refractivity contribution < 1.29 is 28.3 Å². The molecule has 2 aliphatic rings. The highest BCUT2D eigenvalue weighted by Gasteiger charge is 2.41. The molecule has 2 aliphatic heterocycles. The number of hydrogen-bond acceptors (Lipinski definition) is 8. The van der Waals surface area contributed by atoms with E-state index < -0.39 is 50.4 Å². The molecule has 11 heteroatoms. The SMILES string of the molecule is CC(C)[C@@H]1CC(=O)[C@@H]([C@@H](C)O[Si](C)(C)C(C)(C)C)/C=C/c2ccc3ccc(nc3c2)[C@@H](C)OC(=O)[C@@H]2CCCN(N2)C(=O)[C@H](C)NC1=O. The molecule has 1 fully saturated rings. The Labute approximate surface area is 286 Å². The normalized spacial score (nSPS) is 26.7. The largest absolute Gasteiger partial charge is 0.455 e. The molecule has 2 aromatic rings. The molecule has 3 heterocycles. The summed E-state index contributed by atoms with van der Waals surface area (Å²) in [6, 6.07) is 8.11. The van der Waals surface area contributed by atoms with Crippen LogP contribution >= 0.6 is 0 Å². The van der Waals surface area contributed by atoms with Gasteiger partial charge in [0.15, 0.2) is 8.32 Å². The summed E-state index contributed by atoms with van der Waals surface area (Å²) in [6.45, 7) is 20.4. The van der Waals surface area contributed by atoms with Gasteiger partial charge in [-0.15, -0.1) is 0 Å². The first kappa shape index (κ1) is 37.4. The zero-order chi connectivity index (χ0) is 35.6. The van der Waals surface area contributed by atoms with E-state index >= 15 is 0 Å². The van der Waals surface area contributed by atoms with Gasteiger partial charge in [0.1, 0.15) is 24.0 Å². The van der Waals surface area contributed by atoms with Gasteiger partial charge in [0.05, 0.1) is 23.2 Å². The second-order valence-electron chi connectivity index (χ2n) is 15.3. The minimum Gasteiger partial charge on any atom is -0.455 e. The summed E-state index contributed by atoms with van der Waals surface area (Å²) in [6.07, 6.45) is 3.86. The number of rotatable bonds is 4. The van der Waals surface area contributed by atoms with E-state index in [-0.39, 0.29) is 35.0 Å². The third-order valence-corrected chi connectivity index (χ3v) is 14.7. The zero-order valence-electron chi connectivity index (χ0n) is 30.3. The summed E-state index contributed by atoms with van der Waals surface area (Å²) >= 11 is 0. The van der Waals surface area contributed by atoms with E-state index in [1.807, 2.05) is 63.3 Å². The monoisotopic (exact) mass is 678 g/mol. The lowest BCUT2D eigenvalue weighted by molar-refractivity contribution is -0.157. The van der Waals surface area contributed by atoms with E-state index in [0.29, 0.717) is 25.1 Å². The van der Waals surface area contributed by atoms with Crippen molar-refractivity contribution in [2.45, 2.75) is 117 Å². The number of cyclic esters (lactones) is 1. The molecule has 1 aromatic heterocycles. The molecule has 0 spiro atoms. The Morgan fingerprint density at radius 1 is 1.04 bits per heavy atom. The van der Waals surface area contributed by atoms with Gasteiger partial charge in [-0.1, -0.05) is 65.0 Å². The number of aromatic nitrogens is 1. The fourth-order valence-corrected chi connectivity index (χ4v) is 7.40. The molecule has 48 heavy (non-hydrogen) atoms. The van der Waals surface area contributed by atoms with E-state index in [2.05, 4.69) is 44.6 Å². The topological polar surface area (TPSA) is 127 Å². The quantitative estimate of drug-likeness (QED) is 0.293. The minimum atomic E-state index is -2.24. The predicted octanol–water partition coefficient (Wildman–Crippen LogP) is 6.12. The van der Waals surface area contributed by atoms with Crippen molar-refractivity contribution in [1.82, 2.24) is 20.7 Å². The smallest absolute Gasteiger partial charge is 0.325 e. The van der Waals surface area contributed by atoms with Gasteiger partial charge < -0.3 is 14.5 Å². The van der Waals surface area contributed by atoms with Crippen LogP contribution in [-0.2, 0) is 28.3 Å². The summed E-state index contributed by atoms with van der Waals surface area (Å²) in [5, 5.41) is 5.12. The first-order valence-corrected chi connectivity index (χ1v) is 20.2. The highest BCUT2D eigenvalue weighted by Crippen LogP contribution is 2.38. The van der Waals surface area contributed by atoms with Crippen LogP contribution in [0.3, 0.4) is 0 Å². The van der Waals surface area contributed by atoms with Gasteiger partial charge in [-0.3, -0.25) is 24.2 Å². The Morgan fingerprint density at radius 3 is 2.40 bits per heavy atom. The van der Waals surface area contributed by atoms with Crippen LogP contribution in [0.25, 0.3) is 17.0 Å². The van der Waals surface area contributed by atoms with Crippen LogP contribution in [0.4, 0.5) is 0 Å². The molecule has 0 saturated carbocycles. The minimum absolute atomic E-state index is 0.00101. The fourth-order valence-electron chi connectivity index (χ4n) is 5.97. The Balaban J connectivity index is 1.76. The number of nitrogens with one attached hydrogen (secondary N) is 2. The van der Waals surface area contributed by atoms with Crippen LogP contribution in [0.1, 0.15) is 92.0 Å². The highest BCUT2D eigenvalue weighted by molar-refractivity contribution is 6.74. The molecule has 2 amide bonds. The number of hydrogen-bond donors (Lipinski definition) is 2.